The second-order valence-electron chi connectivity index (χ2n) is 9.87. The number of fused-ring (bicyclic) bond motifs is 2. The van der Waals surface area contributed by atoms with Crippen LogP contribution in [-0.4, -0.2) is 45.3 Å². The Labute approximate surface area is 242 Å². The molecule has 0 N–H and O–H groups in total. The molecule has 8 nitrogen and oxygen atoms in total. The molecule has 0 atom stereocenters. The van der Waals surface area contributed by atoms with Gasteiger partial charge in [0.15, 0.2) is 0 Å². The molecule has 0 saturated heterocycles. The molecule has 0 fully saturated rings. The van der Waals surface area contributed by atoms with E-state index >= 15 is 0 Å². The Kier molecular flexibility index (Phi) is 8.66. The molecule has 210 valence electrons. The maximum absolute atomic E-state index is 13.8. The summed E-state index contributed by atoms with van der Waals surface area (Å²) < 4.78 is 4.72. The maximum Gasteiger partial charge on any atom is 0.277 e. The van der Waals surface area contributed by atoms with Crippen LogP contribution in [0.4, 0.5) is 11.9 Å². The third-order valence-electron chi connectivity index (χ3n) is 6.83. The van der Waals surface area contributed by atoms with E-state index in [-0.39, 0.29) is 11.1 Å². The van der Waals surface area contributed by atoms with Gasteiger partial charge in [-0.3, -0.25) is 9.59 Å². The number of hydrogen-bond acceptors (Lipinski definition) is 8. The average Bonchev–Trinajstić information content (AvgIpc) is 3.63. The van der Waals surface area contributed by atoms with Crippen molar-refractivity contribution in [2.24, 2.45) is 0 Å². The summed E-state index contributed by atoms with van der Waals surface area (Å²) in [4.78, 5) is 41.8. The van der Waals surface area contributed by atoms with Gasteiger partial charge < -0.3 is 9.80 Å². The Morgan fingerprint density at radius 3 is 1.27 bits per heavy atom. The van der Waals surface area contributed by atoms with E-state index in [2.05, 4.69) is 37.5 Å². The molecule has 4 heterocycles. The van der Waals surface area contributed by atoms with Crippen LogP contribution in [0, 0.1) is 0 Å². The lowest BCUT2D eigenvalue weighted by molar-refractivity contribution is 0.704. The predicted octanol–water partition coefficient (Wildman–Crippen LogP) is 6.46. The van der Waals surface area contributed by atoms with Crippen molar-refractivity contribution in [2.45, 2.75) is 53.4 Å². The minimum atomic E-state index is -0.0726. The van der Waals surface area contributed by atoms with Crippen LogP contribution in [0.1, 0.15) is 53.4 Å². The summed E-state index contributed by atoms with van der Waals surface area (Å²) in [6.45, 7) is 11.8. The first-order chi connectivity index (χ1) is 19.5. The van der Waals surface area contributed by atoms with E-state index in [0.717, 1.165) is 74.3 Å². The average molecular weight is 577 g/mol. The van der Waals surface area contributed by atoms with Crippen LogP contribution in [-0.2, 0) is 0 Å². The fourth-order valence-corrected chi connectivity index (χ4v) is 6.66. The van der Waals surface area contributed by atoms with E-state index in [4.69, 9.17) is 9.97 Å². The predicted molar refractivity (Wildman–Crippen MR) is 170 cm³/mol. The van der Waals surface area contributed by atoms with Crippen molar-refractivity contribution in [3.63, 3.8) is 0 Å². The monoisotopic (exact) mass is 576 g/mol. The zero-order chi connectivity index (χ0) is 28.2. The Bertz CT molecular complexity index is 1580. The van der Waals surface area contributed by atoms with Gasteiger partial charge in [-0.05, 0) is 72.8 Å². The second kappa shape index (κ2) is 12.3. The maximum atomic E-state index is 13.8. The third kappa shape index (κ3) is 5.17. The highest BCUT2D eigenvalue weighted by Gasteiger charge is 2.21. The molecule has 0 spiro atoms. The molecule has 0 aliphatic heterocycles. The van der Waals surface area contributed by atoms with E-state index in [1.165, 1.54) is 22.7 Å². The van der Waals surface area contributed by atoms with Crippen molar-refractivity contribution in [1.82, 2.24) is 19.1 Å². The Balaban J connectivity index is 1.68. The fraction of sp³-hybridized carbons (Fsp3) is 0.400. The van der Waals surface area contributed by atoms with Crippen LogP contribution in [0.25, 0.3) is 31.8 Å². The summed E-state index contributed by atoms with van der Waals surface area (Å²) in [6.07, 6.45) is 3.80. The van der Waals surface area contributed by atoms with Crippen LogP contribution >= 0.6 is 22.7 Å². The molecule has 0 radical (unpaired) electrons. The van der Waals surface area contributed by atoms with Crippen LogP contribution in [0.15, 0.2) is 56.7 Å². The van der Waals surface area contributed by atoms with E-state index in [9.17, 15) is 9.59 Å². The number of thiophene rings is 2. The quantitative estimate of drug-likeness (QED) is 0.170. The first-order valence-corrected chi connectivity index (χ1v) is 15.9. The number of aromatic nitrogens is 4. The zero-order valence-electron chi connectivity index (χ0n) is 23.6. The summed E-state index contributed by atoms with van der Waals surface area (Å²) in [5, 5.41) is 3.83. The lowest BCUT2D eigenvalue weighted by Crippen LogP contribution is -2.34. The summed E-state index contributed by atoms with van der Waals surface area (Å²) in [5.74, 6) is 1.31. The second-order valence-corrected chi connectivity index (χ2v) is 11.7. The fourth-order valence-electron chi connectivity index (χ4n) is 5.15. The molecule has 10 heteroatoms. The number of hydrogen-bond donors (Lipinski definition) is 0. The molecule has 0 unspecified atom stereocenters. The van der Waals surface area contributed by atoms with Gasteiger partial charge in [0.2, 0.25) is 11.9 Å². The highest BCUT2D eigenvalue weighted by atomic mass is 32.1. The van der Waals surface area contributed by atoms with Crippen molar-refractivity contribution in [3.05, 3.63) is 67.9 Å². The molecule has 0 amide bonds. The van der Waals surface area contributed by atoms with E-state index in [0.29, 0.717) is 21.3 Å². The van der Waals surface area contributed by atoms with Gasteiger partial charge >= 0.3 is 0 Å². The van der Waals surface area contributed by atoms with Gasteiger partial charge in [0.05, 0.1) is 22.4 Å². The van der Waals surface area contributed by atoms with Crippen molar-refractivity contribution >= 4 is 55.0 Å². The van der Waals surface area contributed by atoms with E-state index < -0.39 is 0 Å². The van der Waals surface area contributed by atoms with Crippen LogP contribution in [0.2, 0.25) is 0 Å². The SMILES string of the molecule is CCCN(CCC)c1nc2ccsc2c(=O)n1-c1ccc(-n2c(N(CCC)CCC)nc3ccsc3c2=O)cc1. The van der Waals surface area contributed by atoms with Crippen LogP contribution < -0.4 is 20.9 Å². The lowest BCUT2D eigenvalue weighted by Gasteiger charge is -2.26. The lowest BCUT2D eigenvalue weighted by atomic mass is 10.2. The summed E-state index contributed by atoms with van der Waals surface area (Å²) in [5.41, 5.74) is 2.76. The first-order valence-electron chi connectivity index (χ1n) is 14.1. The molecule has 0 saturated carbocycles. The number of anilines is 2. The minimum absolute atomic E-state index is 0.0726. The van der Waals surface area contributed by atoms with Gasteiger partial charge in [0, 0.05) is 26.2 Å². The van der Waals surface area contributed by atoms with Gasteiger partial charge in [-0.1, -0.05) is 27.7 Å². The minimum Gasteiger partial charge on any atom is -0.342 e. The van der Waals surface area contributed by atoms with Crippen LogP contribution in [0.5, 0.6) is 0 Å². The largest absolute Gasteiger partial charge is 0.342 e. The van der Waals surface area contributed by atoms with E-state index in [1.807, 2.05) is 47.2 Å². The van der Waals surface area contributed by atoms with Gasteiger partial charge in [0.1, 0.15) is 9.40 Å². The third-order valence-corrected chi connectivity index (χ3v) is 8.61. The molecule has 4 aromatic heterocycles. The summed E-state index contributed by atoms with van der Waals surface area (Å²) in [7, 11) is 0. The van der Waals surface area contributed by atoms with Crippen molar-refractivity contribution in [3.8, 4) is 11.4 Å². The highest BCUT2D eigenvalue weighted by Crippen LogP contribution is 2.26. The normalized spacial score (nSPS) is 11.5. The van der Waals surface area contributed by atoms with Gasteiger partial charge in [-0.15, -0.1) is 22.7 Å². The molecular weight excluding hydrogens is 541 g/mol. The smallest absolute Gasteiger partial charge is 0.277 e. The van der Waals surface area contributed by atoms with Gasteiger partial charge in [0.25, 0.3) is 11.1 Å². The molecule has 5 rings (SSSR count). The summed E-state index contributed by atoms with van der Waals surface area (Å²) in [6, 6.07) is 11.5. The Morgan fingerprint density at radius 1 is 0.600 bits per heavy atom. The molecular formula is C30H36N6O2S2. The number of rotatable bonds is 12. The van der Waals surface area contributed by atoms with Gasteiger partial charge in [-0.2, -0.15) is 0 Å². The number of benzene rings is 1. The molecule has 0 aliphatic carbocycles. The Morgan fingerprint density at radius 2 is 0.950 bits per heavy atom. The highest BCUT2D eigenvalue weighted by molar-refractivity contribution is 7.17. The van der Waals surface area contributed by atoms with E-state index in [1.54, 1.807) is 9.13 Å². The molecule has 40 heavy (non-hydrogen) atoms. The zero-order valence-corrected chi connectivity index (χ0v) is 25.2. The number of nitrogens with zero attached hydrogens (tertiary/aromatic N) is 6. The Hall–Kier alpha value is -3.50. The van der Waals surface area contributed by atoms with Crippen molar-refractivity contribution < 1.29 is 0 Å². The molecule has 5 aromatic rings. The van der Waals surface area contributed by atoms with Gasteiger partial charge in [-0.25, -0.2) is 19.1 Å². The van der Waals surface area contributed by atoms with Crippen LogP contribution in [0.3, 0.4) is 0 Å². The molecule has 1 aromatic carbocycles. The molecule has 0 bridgehead atoms. The first kappa shape index (κ1) is 28.0. The van der Waals surface area contributed by atoms with Crippen molar-refractivity contribution in [1.29, 1.82) is 0 Å². The summed E-state index contributed by atoms with van der Waals surface area (Å²) >= 11 is 2.83. The topological polar surface area (TPSA) is 76.3 Å². The molecule has 0 aliphatic rings. The standard InChI is InChI=1S/C30H36N6O2S2/c1-5-15-33(16-6-2)29-31-23-13-19-39-25(23)27(37)35(29)21-9-11-22(12-10-21)36-28(38)26-24(14-20-40-26)32-30(36)34(17-7-3)18-8-4/h9-14,19-20H,5-8,15-18H2,1-4H3. The van der Waals surface area contributed by atoms with Crippen molar-refractivity contribution in [2.75, 3.05) is 36.0 Å².